The van der Waals surface area contributed by atoms with Gasteiger partial charge in [-0.3, -0.25) is 0 Å². The third kappa shape index (κ3) is 4.06. The molecule has 114 valence electrons. The predicted octanol–water partition coefficient (Wildman–Crippen LogP) is 4.18. The van der Waals surface area contributed by atoms with Crippen LogP contribution in [0.25, 0.3) is 0 Å². The van der Waals surface area contributed by atoms with Gasteiger partial charge in [0.25, 0.3) is 0 Å². The second-order valence-corrected chi connectivity index (χ2v) is 7.27. The van der Waals surface area contributed by atoms with Crippen LogP contribution in [0.5, 0.6) is 0 Å². The molecule has 0 bridgehead atoms. The molecule has 1 unspecified atom stereocenters. The number of rotatable bonds is 9. The zero-order chi connectivity index (χ0) is 14.4. The average molecular weight is 295 g/mol. The van der Waals surface area contributed by atoms with Crippen molar-refractivity contribution in [2.75, 3.05) is 13.7 Å². The highest BCUT2D eigenvalue weighted by Crippen LogP contribution is 2.39. The van der Waals surface area contributed by atoms with Crippen LogP contribution in [0.15, 0.2) is 12.1 Å². The van der Waals surface area contributed by atoms with Crippen LogP contribution in [0.1, 0.15) is 55.7 Å². The summed E-state index contributed by atoms with van der Waals surface area (Å²) in [7, 11) is 1.89. The first-order valence-electron chi connectivity index (χ1n) is 8.07. The molecule has 1 atom stereocenters. The van der Waals surface area contributed by atoms with Gasteiger partial charge in [-0.15, -0.1) is 11.3 Å². The van der Waals surface area contributed by atoms with Crippen LogP contribution in [0.2, 0.25) is 0 Å². The van der Waals surface area contributed by atoms with E-state index in [-0.39, 0.29) is 5.60 Å². The van der Waals surface area contributed by atoms with Crippen molar-refractivity contribution in [3.63, 3.8) is 0 Å². The fraction of sp³-hybridized carbons (Fsp3) is 0.765. The molecule has 1 heterocycles. The van der Waals surface area contributed by atoms with Crippen LogP contribution >= 0.6 is 11.3 Å². The Balaban J connectivity index is 1.95. The molecule has 2 nitrogen and oxygen atoms in total. The van der Waals surface area contributed by atoms with Crippen molar-refractivity contribution in [2.45, 2.75) is 70.4 Å². The van der Waals surface area contributed by atoms with Gasteiger partial charge in [0, 0.05) is 22.9 Å². The van der Waals surface area contributed by atoms with Gasteiger partial charge >= 0.3 is 0 Å². The fourth-order valence-corrected chi connectivity index (χ4v) is 4.08. The van der Waals surface area contributed by atoms with Crippen LogP contribution in [0, 0.1) is 0 Å². The molecular formula is C17H29NOS. The van der Waals surface area contributed by atoms with E-state index in [4.69, 9.17) is 4.74 Å². The number of hydrogen-bond acceptors (Lipinski definition) is 3. The Morgan fingerprint density at radius 2 is 2.05 bits per heavy atom. The molecule has 0 saturated heterocycles. The molecule has 2 rings (SSSR count). The first kappa shape index (κ1) is 16.0. The van der Waals surface area contributed by atoms with Gasteiger partial charge in [-0.05, 0) is 63.6 Å². The maximum Gasteiger partial charge on any atom is 0.0693 e. The number of methoxy groups -OCH3 is 1. The summed E-state index contributed by atoms with van der Waals surface area (Å²) in [5.74, 6) is 0. The standard InChI is InChI=1S/C17H29NOS/c1-4-11-18-14(13-17(19-3)9-6-10-17)12-16-8-7-15(5-2)20-16/h7-8,14,18H,4-6,9-13H2,1-3H3. The van der Waals surface area contributed by atoms with E-state index in [1.54, 1.807) is 0 Å². The molecule has 1 N–H and O–H groups in total. The summed E-state index contributed by atoms with van der Waals surface area (Å²) >= 11 is 1.97. The van der Waals surface area contributed by atoms with Crippen molar-refractivity contribution >= 4 is 11.3 Å². The molecule has 1 fully saturated rings. The minimum absolute atomic E-state index is 0.163. The lowest BCUT2D eigenvalue weighted by atomic mass is 9.75. The average Bonchev–Trinajstić information content (AvgIpc) is 2.87. The van der Waals surface area contributed by atoms with E-state index in [2.05, 4.69) is 31.3 Å². The largest absolute Gasteiger partial charge is 0.378 e. The zero-order valence-corrected chi connectivity index (χ0v) is 14.0. The van der Waals surface area contributed by atoms with E-state index in [1.807, 2.05) is 18.4 Å². The Hall–Kier alpha value is -0.380. The lowest BCUT2D eigenvalue weighted by Gasteiger charge is -2.43. The first-order chi connectivity index (χ1) is 9.71. The van der Waals surface area contributed by atoms with E-state index in [1.165, 1.54) is 35.4 Å². The van der Waals surface area contributed by atoms with Crippen LogP contribution in [-0.4, -0.2) is 25.3 Å². The normalized spacial score (nSPS) is 18.8. The van der Waals surface area contributed by atoms with Gasteiger partial charge in [0.2, 0.25) is 0 Å². The van der Waals surface area contributed by atoms with Crippen LogP contribution in [0.3, 0.4) is 0 Å². The van der Waals surface area contributed by atoms with E-state index < -0.39 is 0 Å². The Morgan fingerprint density at radius 1 is 1.30 bits per heavy atom. The lowest BCUT2D eigenvalue weighted by molar-refractivity contribution is -0.0833. The highest BCUT2D eigenvalue weighted by atomic mass is 32.1. The van der Waals surface area contributed by atoms with Crippen molar-refractivity contribution < 1.29 is 4.74 Å². The Morgan fingerprint density at radius 3 is 2.55 bits per heavy atom. The molecule has 0 radical (unpaired) electrons. The lowest BCUT2D eigenvalue weighted by Crippen LogP contribution is -2.46. The Kier molecular flexibility index (Phi) is 6.06. The van der Waals surface area contributed by atoms with Crippen molar-refractivity contribution in [1.29, 1.82) is 0 Å². The van der Waals surface area contributed by atoms with E-state index >= 15 is 0 Å². The van der Waals surface area contributed by atoms with Gasteiger partial charge in [-0.2, -0.15) is 0 Å². The highest BCUT2D eigenvalue weighted by Gasteiger charge is 2.38. The molecule has 1 saturated carbocycles. The monoisotopic (exact) mass is 295 g/mol. The zero-order valence-electron chi connectivity index (χ0n) is 13.2. The topological polar surface area (TPSA) is 21.3 Å². The third-order valence-corrected chi connectivity index (χ3v) is 5.76. The van der Waals surface area contributed by atoms with E-state index in [0.29, 0.717) is 6.04 Å². The third-order valence-electron chi connectivity index (χ3n) is 4.51. The van der Waals surface area contributed by atoms with Gasteiger partial charge in [0.05, 0.1) is 5.60 Å². The summed E-state index contributed by atoms with van der Waals surface area (Å²) < 4.78 is 5.81. The smallest absolute Gasteiger partial charge is 0.0693 e. The summed E-state index contributed by atoms with van der Waals surface area (Å²) in [6, 6.07) is 5.15. The molecule has 20 heavy (non-hydrogen) atoms. The second kappa shape index (κ2) is 7.58. The van der Waals surface area contributed by atoms with Crippen molar-refractivity contribution in [1.82, 2.24) is 5.32 Å². The minimum Gasteiger partial charge on any atom is -0.378 e. The molecule has 3 heteroatoms. The molecule has 0 spiro atoms. The number of hydrogen-bond donors (Lipinski definition) is 1. The van der Waals surface area contributed by atoms with E-state index in [9.17, 15) is 0 Å². The van der Waals surface area contributed by atoms with Crippen LogP contribution in [-0.2, 0) is 17.6 Å². The summed E-state index contributed by atoms with van der Waals surface area (Å²) in [5, 5.41) is 3.73. The van der Waals surface area contributed by atoms with Gasteiger partial charge in [-0.25, -0.2) is 0 Å². The van der Waals surface area contributed by atoms with Gasteiger partial charge in [0.15, 0.2) is 0 Å². The minimum atomic E-state index is 0.163. The van der Waals surface area contributed by atoms with Gasteiger partial charge in [-0.1, -0.05) is 13.8 Å². The molecular weight excluding hydrogens is 266 g/mol. The van der Waals surface area contributed by atoms with Crippen LogP contribution < -0.4 is 5.32 Å². The Labute approximate surface area is 127 Å². The molecule has 0 amide bonds. The molecule has 0 aliphatic heterocycles. The van der Waals surface area contributed by atoms with Crippen LogP contribution in [0.4, 0.5) is 0 Å². The summed E-state index contributed by atoms with van der Waals surface area (Å²) in [4.78, 5) is 3.01. The molecule has 1 aromatic rings. The first-order valence-corrected chi connectivity index (χ1v) is 8.89. The maximum absolute atomic E-state index is 5.81. The van der Waals surface area contributed by atoms with Crippen molar-refractivity contribution in [3.05, 3.63) is 21.9 Å². The number of aryl methyl sites for hydroxylation is 1. The second-order valence-electron chi connectivity index (χ2n) is 6.02. The van der Waals surface area contributed by atoms with E-state index in [0.717, 1.165) is 25.8 Å². The summed E-state index contributed by atoms with van der Waals surface area (Å²) in [6.07, 6.45) is 8.45. The number of thiophene rings is 1. The fourth-order valence-electron chi connectivity index (χ4n) is 3.04. The number of ether oxygens (including phenoxy) is 1. The predicted molar refractivity (Wildman–Crippen MR) is 87.7 cm³/mol. The summed E-state index contributed by atoms with van der Waals surface area (Å²) in [5.41, 5.74) is 0.163. The number of nitrogens with one attached hydrogen (secondary N) is 1. The maximum atomic E-state index is 5.81. The van der Waals surface area contributed by atoms with Crippen molar-refractivity contribution in [2.24, 2.45) is 0 Å². The molecule has 1 aliphatic rings. The highest BCUT2D eigenvalue weighted by molar-refractivity contribution is 7.11. The van der Waals surface area contributed by atoms with Gasteiger partial charge < -0.3 is 10.1 Å². The molecule has 0 aromatic carbocycles. The quantitative estimate of drug-likeness (QED) is 0.738. The van der Waals surface area contributed by atoms with Gasteiger partial charge in [0.1, 0.15) is 0 Å². The molecule has 1 aromatic heterocycles. The summed E-state index contributed by atoms with van der Waals surface area (Å²) in [6.45, 7) is 5.58. The van der Waals surface area contributed by atoms with Crippen molar-refractivity contribution in [3.8, 4) is 0 Å². The Bertz CT molecular complexity index is 392. The SMILES string of the molecule is CCCNC(Cc1ccc(CC)s1)CC1(OC)CCC1. The molecule has 1 aliphatic carbocycles.